The standard InChI is InChI=1S/C26H42N2O5/c1-14(2)27(15(3)4)13-19(29)32-23-18-12-17-20(24(30)28(16(5)6)22(17)23)21(18)25(31)33-26(7)10-8-9-11-26/h14-18,20-23H,8-13H2,1-7H3. The minimum absolute atomic E-state index is 0.0000940. The lowest BCUT2D eigenvalue weighted by Crippen LogP contribution is -2.50. The second kappa shape index (κ2) is 8.86. The van der Waals surface area contributed by atoms with E-state index >= 15 is 0 Å². The summed E-state index contributed by atoms with van der Waals surface area (Å²) in [6, 6.07) is 0.308. The monoisotopic (exact) mass is 462 g/mol. The SMILES string of the molecule is CC(C)N(CC(=O)OC1C2CC3C(C(=O)N(C(C)C)C31)C2C(=O)OC1(C)CCCC1)C(C)C. The third-order valence-corrected chi connectivity index (χ3v) is 8.65. The Morgan fingerprint density at radius 3 is 2.21 bits per heavy atom. The van der Waals surface area contributed by atoms with Gasteiger partial charge >= 0.3 is 11.9 Å². The molecule has 6 atom stereocenters. The van der Waals surface area contributed by atoms with E-state index in [1.807, 2.05) is 25.7 Å². The summed E-state index contributed by atoms with van der Waals surface area (Å²) in [7, 11) is 0. The van der Waals surface area contributed by atoms with Gasteiger partial charge in [-0.15, -0.1) is 0 Å². The molecular formula is C26H42N2O5. The fourth-order valence-corrected chi connectivity index (χ4v) is 7.26. The highest BCUT2D eigenvalue weighted by Gasteiger charge is 2.71. The minimum Gasteiger partial charge on any atom is -0.459 e. The predicted molar refractivity (Wildman–Crippen MR) is 124 cm³/mol. The van der Waals surface area contributed by atoms with Crippen LogP contribution in [0.1, 0.15) is 80.6 Å². The minimum atomic E-state index is -0.510. The van der Waals surface area contributed by atoms with Crippen molar-refractivity contribution in [3.8, 4) is 0 Å². The number of esters is 2. The lowest BCUT2D eigenvalue weighted by Gasteiger charge is -2.37. The Bertz CT molecular complexity index is 780. The zero-order valence-corrected chi connectivity index (χ0v) is 21.4. The van der Waals surface area contributed by atoms with Crippen LogP contribution in [0.4, 0.5) is 0 Å². The molecule has 0 aromatic heterocycles. The number of hydrogen-bond donors (Lipinski definition) is 0. The van der Waals surface area contributed by atoms with E-state index in [0.29, 0.717) is 0 Å². The molecule has 4 fully saturated rings. The Hall–Kier alpha value is -1.63. The molecule has 1 aliphatic heterocycles. The number of nitrogens with zero attached hydrogens (tertiary/aromatic N) is 2. The highest BCUT2D eigenvalue weighted by Crippen LogP contribution is 2.60. The summed E-state index contributed by atoms with van der Waals surface area (Å²) in [5, 5.41) is 0. The number of likely N-dealkylation sites (tertiary alicyclic amines) is 1. The molecule has 1 heterocycles. The van der Waals surface area contributed by atoms with Crippen molar-refractivity contribution >= 4 is 17.8 Å². The number of carbonyl (C=O) groups excluding carboxylic acids is 3. The Morgan fingerprint density at radius 2 is 1.67 bits per heavy atom. The smallest absolute Gasteiger partial charge is 0.320 e. The van der Waals surface area contributed by atoms with Crippen molar-refractivity contribution in [2.24, 2.45) is 23.7 Å². The Kier molecular flexibility index (Phi) is 6.58. The Morgan fingerprint density at radius 1 is 1.06 bits per heavy atom. The van der Waals surface area contributed by atoms with Gasteiger partial charge in [-0.05, 0) is 86.5 Å². The molecule has 3 saturated carbocycles. The summed E-state index contributed by atoms with van der Waals surface area (Å²) in [5.41, 5.74) is -0.432. The summed E-state index contributed by atoms with van der Waals surface area (Å²) in [6.45, 7) is 14.5. The van der Waals surface area contributed by atoms with Crippen LogP contribution in [-0.4, -0.2) is 70.1 Å². The van der Waals surface area contributed by atoms with E-state index in [1.165, 1.54) is 0 Å². The molecule has 6 unspecified atom stereocenters. The molecule has 186 valence electrons. The molecule has 1 amide bonds. The summed E-state index contributed by atoms with van der Waals surface area (Å²) in [6.07, 6.45) is 4.18. The first-order valence-corrected chi connectivity index (χ1v) is 13.0. The molecule has 0 spiro atoms. The zero-order chi connectivity index (χ0) is 24.2. The summed E-state index contributed by atoms with van der Waals surface area (Å²) in [5.74, 6) is -1.44. The van der Waals surface area contributed by atoms with Crippen molar-refractivity contribution < 1.29 is 23.9 Å². The molecule has 0 radical (unpaired) electrons. The Labute approximate surface area is 198 Å². The van der Waals surface area contributed by atoms with E-state index in [9.17, 15) is 14.4 Å². The maximum Gasteiger partial charge on any atom is 0.320 e. The van der Waals surface area contributed by atoms with Crippen LogP contribution in [0, 0.1) is 23.7 Å². The molecule has 1 saturated heterocycles. The van der Waals surface area contributed by atoms with Gasteiger partial charge in [0.05, 0.1) is 24.4 Å². The third kappa shape index (κ3) is 4.19. The summed E-state index contributed by atoms with van der Waals surface area (Å²) in [4.78, 5) is 43.9. The van der Waals surface area contributed by atoms with Crippen LogP contribution in [0.2, 0.25) is 0 Å². The third-order valence-electron chi connectivity index (χ3n) is 8.65. The average molecular weight is 463 g/mol. The quantitative estimate of drug-likeness (QED) is 0.515. The van der Waals surface area contributed by atoms with Gasteiger partial charge < -0.3 is 14.4 Å². The van der Waals surface area contributed by atoms with E-state index in [4.69, 9.17) is 9.47 Å². The molecule has 2 bridgehead atoms. The fourth-order valence-electron chi connectivity index (χ4n) is 7.26. The van der Waals surface area contributed by atoms with Gasteiger partial charge in [-0.3, -0.25) is 19.3 Å². The second-order valence-corrected chi connectivity index (χ2v) is 11.8. The molecule has 33 heavy (non-hydrogen) atoms. The largest absolute Gasteiger partial charge is 0.459 e. The van der Waals surface area contributed by atoms with Gasteiger partial charge in [0.15, 0.2) is 0 Å². The van der Waals surface area contributed by atoms with Crippen LogP contribution in [0.5, 0.6) is 0 Å². The van der Waals surface area contributed by atoms with Gasteiger partial charge in [-0.25, -0.2) is 0 Å². The molecule has 7 heteroatoms. The molecule has 0 aromatic rings. The highest BCUT2D eigenvalue weighted by molar-refractivity contribution is 5.90. The van der Waals surface area contributed by atoms with Crippen molar-refractivity contribution in [2.45, 2.75) is 116 Å². The van der Waals surface area contributed by atoms with Crippen LogP contribution in [0.15, 0.2) is 0 Å². The molecule has 4 aliphatic rings. The lowest BCUT2D eigenvalue weighted by molar-refractivity contribution is -0.173. The average Bonchev–Trinajstić information content (AvgIpc) is 3.42. The molecular weight excluding hydrogens is 420 g/mol. The van der Waals surface area contributed by atoms with Gasteiger partial charge in [0.25, 0.3) is 0 Å². The number of fused-ring (bicyclic) bond motifs is 1. The fraction of sp³-hybridized carbons (Fsp3) is 0.885. The molecule has 7 nitrogen and oxygen atoms in total. The van der Waals surface area contributed by atoms with Gasteiger partial charge in [0.1, 0.15) is 11.7 Å². The number of ether oxygens (including phenoxy) is 2. The van der Waals surface area contributed by atoms with E-state index in [1.54, 1.807) is 0 Å². The zero-order valence-electron chi connectivity index (χ0n) is 21.4. The topological polar surface area (TPSA) is 76.2 Å². The molecule has 0 aromatic carbocycles. The van der Waals surface area contributed by atoms with Gasteiger partial charge in [-0.1, -0.05) is 0 Å². The Balaban J connectivity index is 1.56. The van der Waals surface area contributed by atoms with E-state index in [0.717, 1.165) is 32.1 Å². The number of hydrogen-bond acceptors (Lipinski definition) is 6. The van der Waals surface area contributed by atoms with Crippen LogP contribution in [0.25, 0.3) is 0 Å². The number of carbonyl (C=O) groups is 3. The van der Waals surface area contributed by atoms with Crippen LogP contribution in [0.3, 0.4) is 0 Å². The normalized spacial score (nSPS) is 34.4. The summed E-state index contributed by atoms with van der Waals surface area (Å²) >= 11 is 0. The summed E-state index contributed by atoms with van der Waals surface area (Å²) < 4.78 is 12.2. The van der Waals surface area contributed by atoms with E-state index in [-0.39, 0.29) is 66.3 Å². The van der Waals surface area contributed by atoms with Crippen molar-refractivity contribution in [3.63, 3.8) is 0 Å². The van der Waals surface area contributed by atoms with Gasteiger partial charge in [-0.2, -0.15) is 0 Å². The van der Waals surface area contributed by atoms with Crippen LogP contribution < -0.4 is 0 Å². The van der Waals surface area contributed by atoms with Crippen molar-refractivity contribution in [1.29, 1.82) is 0 Å². The van der Waals surface area contributed by atoms with E-state index in [2.05, 4.69) is 32.6 Å². The van der Waals surface area contributed by atoms with Crippen LogP contribution >= 0.6 is 0 Å². The first kappa shape index (κ1) is 24.5. The molecule has 3 aliphatic carbocycles. The maximum absolute atomic E-state index is 13.5. The molecule has 4 rings (SSSR count). The first-order chi connectivity index (χ1) is 15.4. The maximum atomic E-state index is 13.5. The molecule has 0 N–H and O–H groups in total. The first-order valence-electron chi connectivity index (χ1n) is 13.0. The van der Waals surface area contributed by atoms with Crippen molar-refractivity contribution in [1.82, 2.24) is 9.80 Å². The number of amides is 1. The highest BCUT2D eigenvalue weighted by atomic mass is 16.6. The van der Waals surface area contributed by atoms with Crippen molar-refractivity contribution in [2.75, 3.05) is 6.54 Å². The van der Waals surface area contributed by atoms with Crippen molar-refractivity contribution in [3.05, 3.63) is 0 Å². The number of rotatable bonds is 8. The van der Waals surface area contributed by atoms with Gasteiger partial charge in [0, 0.05) is 24.0 Å². The lowest BCUT2D eigenvalue weighted by atomic mass is 9.78. The predicted octanol–water partition coefficient (Wildman–Crippen LogP) is 3.39. The second-order valence-electron chi connectivity index (χ2n) is 11.8. The van der Waals surface area contributed by atoms with Crippen LogP contribution in [-0.2, 0) is 23.9 Å². The van der Waals surface area contributed by atoms with E-state index < -0.39 is 17.6 Å². The van der Waals surface area contributed by atoms with Gasteiger partial charge in [0.2, 0.25) is 5.91 Å².